The van der Waals surface area contributed by atoms with E-state index < -0.39 is 10.0 Å². The highest BCUT2D eigenvalue weighted by Crippen LogP contribution is 2.35. The summed E-state index contributed by atoms with van der Waals surface area (Å²) in [7, 11) is -3.82. The van der Waals surface area contributed by atoms with Gasteiger partial charge in [-0.2, -0.15) is 0 Å². The Balaban J connectivity index is 1.60. The summed E-state index contributed by atoms with van der Waals surface area (Å²) < 4.78 is 26.4. The molecule has 3 heterocycles. The number of aromatic nitrogens is 4. The van der Waals surface area contributed by atoms with Crippen LogP contribution in [-0.2, 0) is 10.0 Å². The van der Waals surface area contributed by atoms with E-state index in [1.165, 1.54) is 12.1 Å². The van der Waals surface area contributed by atoms with Crippen LogP contribution < -0.4 is 10.5 Å². The number of imidazole rings is 1. The Hall–Kier alpha value is -3.47. The molecule has 0 bridgehead atoms. The van der Waals surface area contributed by atoms with E-state index >= 15 is 0 Å². The number of pyridine rings is 1. The highest BCUT2D eigenvalue weighted by Gasteiger charge is 2.18. The van der Waals surface area contributed by atoms with Crippen LogP contribution in [0.2, 0.25) is 0 Å². The molecule has 2 aromatic carbocycles. The Morgan fingerprint density at radius 3 is 2.56 bits per heavy atom. The predicted octanol–water partition coefficient (Wildman–Crippen LogP) is 5.19. The van der Waals surface area contributed by atoms with E-state index in [-0.39, 0.29) is 4.90 Å². The van der Waals surface area contributed by atoms with Crippen LogP contribution in [0.3, 0.4) is 0 Å². The second-order valence-corrected chi connectivity index (χ2v) is 10.3. The maximum absolute atomic E-state index is 11.8. The van der Waals surface area contributed by atoms with E-state index in [1.807, 2.05) is 18.2 Å². The van der Waals surface area contributed by atoms with Gasteiger partial charge in [0, 0.05) is 34.5 Å². The number of fused-ring (bicyclic) bond motifs is 1. The molecule has 0 fully saturated rings. The van der Waals surface area contributed by atoms with E-state index in [0.29, 0.717) is 32.8 Å². The number of sulfonamides is 1. The first-order valence-corrected chi connectivity index (χ1v) is 12.7. The normalized spacial score (nSPS) is 11.8. The number of benzene rings is 2. The summed E-state index contributed by atoms with van der Waals surface area (Å²) >= 11 is 3.54. The van der Waals surface area contributed by atoms with Gasteiger partial charge in [0.15, 0.2) is 5.65 Å². The van der Waals surface area contributed by atoms with Gasteiger partial charge in [0.05, 0.1) is 15.1 Å². The molecule has 172 valence electrons. The number of rotatable bonds is 5. The number of aromatic amines is 1. The zero-order chi connectivity index (χ0) is 24.0. The van der Waals surface area contributed by atoms with Gasteiger partial charge in [-0.25, -0.2) is 23.5 Å². The van der Waals surface area contributed by atoms with Gasteiger partial charge in [-0.3, -0.25) is 0 Å². The lowest BCUT2D eigenvalue weighted by atomic mass is 10.2. The van der Waals surface area contributed by atoms with E-state index in [0.717, 1.165) is 22.6 Å². The van der Waals surface area contributed by atoms with Gasteiger partial charge in [-0.15, -0.1) is 0 Å². The van der Waals surface area contributed by atoms with Crippen molar-refractivity contribution in [2.24, 2.45) is 5.14 Å². The molecular weight excluding hydrogens is 516 g/mol. The maximum Gasteiger partial charge on any atom is 0.238 e. The zero-order valence-electron chi connectivity index (χ0n) is 18.4. The molecule has 5 rings (SSSR count). The summed E-state index contributed by atoms with van der Waals surface area (Å²) in [6, 6.07) is 18.6. The fourth-order valence-corrected chi connectivity index (χ4v) is 5.01. The van der Waals surface area contributed by atoms with Crippen LogP contribution in [0.25, 0.3) is 28.2 Å². The molecule has 0 unspecified atom stereocenters. The highest BCUT2D eigenvalue weighted by atomic mass is 79.9. The molecule has 34 heavy (non-hydrogen) atoms. The third-order valence-electron chi connectivity index (χ3n) is 5.61. The van der Waals surface area contributed by atoms with Crippen molar-refractivity contribution in [2.75, 3.05) is 5.32 Å². The first-order chi connectivity index (χ1) is 16.2. The monoisotopic (exact) mass is 536 g/mol. The number of primary sulfonamides is 1. The molecule has 0 aliphatic rings. The molecule has 0 saturated carbocycles. The van der Waals surface area contributed by atoms with Crippen LogP contribution in [0.15, 0.2) is 76.2 Å². The topological polar surface area (TPSA) is 119 Å². The van der Waals surface area contributed by atoms with Crippen LogP contribution in [0.1, 0.15) is 11.4 Å². The van der Waals surface area contributed by atoms with Crippen molar-refractivity contribution in [2.45, 2.75) is 18.7 Å². The smallest absolute Gasteiger partial charge is 0.238 e. The molecule has 0 atom stereocenters. The van der Waals surface area contributed by atoms with Crippen molar-refractivity contribution in [3.05, 3.63) is 82.7 Å². The minimum Gasteiger partial charge on any atom is -0.353 e. The van der Waals surface area contributed by atoms with Gasteiger partial charge >= 0.3 is 0 Å². The predicted molar refractivity (Wildman–Crippen MR) is 137 cm³/mol. The SMILES string of the molecule is Cc1cc(-c2nc3ncc(Br)c(Nc4cccc(S(N)(=O)=O)c4)c3[nH]2)c(C)n1-c1ccccc1. The van der Waals surface area contributed by atoms with Crippen molar-refractivity contribution in [1.29, 1.82) is 0 Å². The summed E-state index contributed by atoms with van der Waals surface area (Å²) in [4.78, 5) is 12.6. The minimum absolute atomic E-state index is 0.0255. The van der Waals surface area contributed by atoms with E-state index in [9.17, 15) is 8.42 Å². The van der Waals surface area contributed by atoms with Crippen LogP contribution in [0.4, 0.5) is 11.4 Å². The number of hydrogen-bond donors (Lipinski definition) is 3. The van der Waals surface area contributed by atoms with Crippen LogP contribution in [-0.4, -0.2) is 27.9 Å². The zero-order valence-corrected chi connectivity index (χ0v) is 20.8. The number of anilines is 2. The highest BCUT2D eigenvalue weighted by molar-refractivity contribution is 9.10. The van der Waals surface area contributed by atoms with Gasteiger partial charge in [0.25, 0.3) is 0 Å². The molecule has 8 nitrogen and oxygen atoms in total. The number of H-pyrrole nitrogens is 1. The molecule has 0 spiro atoms. The van der Waals surface area contributed by atoms with Gasteiger partial charge < -0.3 is 14.9 Å². The molecule has 4 N–H and O–H groups in total. The van der Waals surface area contributed by atoms with E-state index in [2.05, 4.69) is 67.8 Å². The Morgan fingerprint density at radius 2 is 1.82 bits per heavy atom. The average molecular weight is 537 g/mol. The third-order valence-corrected chi connectivity index (χ3v) is 7.12. The Morgan fingerprint density at radius 1 is 1.06 bits per heavy atom. The lowest BCUT2D eigenvalue weighted by Gasteiger charge is -2.10. The average Bonchev–Trinajstić information content (AvgIpc) is 3.36. The van der Waals surface area contributed by atoms with Gasteiger partial charge in [0.2, 0.25) is 10.0 Å². The molecular formula is C24H21BrN6O2S. The van der Waals surface area contributed by atoms with Crippen LogP contribution in [0.5, 0.6) is 0 Å². The second kappa shape index (κ2) is 8.39. The number of nitrogens with zero attached hydrogens (tertiary/aromatic N) is 3. The van der Waals surface area contributed by atoms with E-state index in [1.54, 1.807) is 18.3 Å². The van der Waals surface area contributed by atoms with Gasteiger partial charge in [-0.1, -0.05) is 24.3 Å². The van der Waals surface area contributed by atoms with Crippen molar-refractivity contribution >= 4 is 48.5 Å². The molecule has 0 aliphatic carbocycles. The maximum atomic E-state index is 11.8. The van der Waals surface area contributed by atoms with Crippen LogP contribution in [0, 0.1) is 13.8 Å². The number of nitrogens with one attached hydrogen (secondary N) is 2. The third kappa shape index (κ3) is 4.00. The van der Waals surface area contributed by atoms with Crippen LogP contribution >= 0.6 is 15.9 Å². The standard InChI is InChI=1S/C24H21BrN6O2S/c1-14-11-19(15(2)31(14)17-8-4-3-5-9-17)23-29-22-21(20(25)13-27-24(22)30-23)28-16-7-6-10-18(12-16)34(26,32)33/h3-13H,1-2H3,(H2,26,32,33)(H2,27,28,29,30). The minimum atomic E-state index is -3.82. The molecule has 0 amide bonds. The number of hydrogen-bond acceptors (Lipinski definition) is 5. The summed E-state index contributed by atoms with van der Waals surface area (Å²) in [6.07, 6.45) is 1.66. The summed E-state index contributed by atoms with van der Waals surface area (Å²) in [5.41, 5.74) is 6.67. The van der Waals surface area contributed by atoms with Crippen molar-refractivity contribution in [3.63, 3.8) is 0 Å². The molecule has 5 aromatic rings. The Bertz CT molecular complexity index is 1640. The quantitative estimate of drug-likeness (QED) is 0.285. The number of para-hydroxylation sites is 1. The molecule has 0 radical (unpaired) electrons. The molecule has 3 aromatic heterocycles. The summed E-state index contributed by atoms with van der Waals surface area (Å²) in [5, 5.41) is 8.55. The van der Waals surface area contributed by atoms with Crippen molar-refractivity contribution in [3.8, 4) is 17.1 Å². The lowest BCUT2D eigenvalue weighted by Crippen LogP contribution is -2.12. The fraction of sp³-hybridized carbons (Fsp3) is 0.0833. The molecule has 10 heteroatoms. The van der Waals surface area contributed by atoms with Gasteiger partial charge in [-0.05, 0) is 66.2 Å². The summed E-state index contributed by atoms with van der Waals surface area (Å²) in [5.74, 6) is 0.692. The lowest BCUT2D eigenvalue weighted by molar-refractivity contribution is 0.598. The number of aryl methyl sites for hydroxylation is 1. The molecule has 0 saturated heterocycles. The number of halogens is 1. The first-order valence-electron chi connectivity index (χ1n) is 10.4. The second-order valence-electron chi connectivity index (χ2n) is 7.92. The fourth-order valence-electron chi connectivity index (χ4n) is 4.06. The Labute approximate surface area is 205 Å². The largest absolute Gasteiger partial charge is 0.353 e. The van der Waals surface area contributed by atoms with Crippen molar-refractivity contribution < 1.29 is 8.42 Å². The van der Waals surface area contributed by atoms with Crippen molar-refractivity contribution in [1.82, 2.24) is 19.5 Å². The Kier molecular flexibility index (Phi) is 5.51. The van der Waals surface area contributed by atoms with Gasteiger partial charge in [0.1, 0.15) is 11.3 Å². The van der Waals surface area contributed by atoms with E-state index in [4.69, 9.17) is 10.1 Å². The number of nitrogens with two attached hydrogens (primary N) is 1. The first kappa shape index (κ1) is 22.3. The molecule has 0 aliphatic heterocycles. The summed E-state index contributed by atoms with van der Waals surface area (Å²) in [6.45, 7) is 4.12.